The van der Waals surface area contributed by atoms with Gasteiger partial charge in [-0.3, -0.25) is 0 Å². The van der Waals surface area contributed by atoms with Crippen molar-refractivity contribution in [1.82, 2.24) is 0 Å². The van der Waals surface area contributed by atoms with E-state index < -0.39 is 12.6 Å². The van der Waals surface area contributed by atoms with Crippen molar-refractivity contribution in [3.8, 4) is 0 Å². The van der Waals surface area contributed by atoms with E-state index in [9.17, 15) is 13.2 Å². The van der Waals surface area contributed by atoms with Crippen molar-refractivity contribution in [3.63, 3.8) is 0 Å². The lowest BCUT2D eigenvalue weighted by Gasteiger charge is -2.23. The van der Waals surface area contributed by atoms with E-state index in [1.165, 1.54) is 0 Å². The van der Waals surface area contributed by atoms with Crippen LogP contribution in [0.2, 0.25) is 0 Å². The zero-order valence-corrected chi connectivity index (χ0v) is 9.72. The van der Waals surface area contributed by atoms with Crippen LogP contribution in [0.25, 0.3) is 0 Å². The summed E-state index contributed by atoms with van der Waals surface area (Å²) in [5, 5.41) is 0. The fourth-order valence-corrected chi connectivity index (χ4v) is 2.48. The van der Waals surface area contributed by atoms with Gasteiger partial charge in [0.15, 0.2) is 0 Å². The predicted octanol–water partition coefficient (Wildman–Crippen LogP) is 3.17. The quantitative estimate of drug-likeness (QED) is 0.867. The molecule has 2 N–H and O–H groups in total. The normalized spacial score (nSPS) is 20.1. The number of rotatable bonds is 3. The molecule has 1 aliphatic rings. The second-order valence-corrected chi connectivity index (χ2v) is 4.89. The van der Waals surface area contributed by atoms with Crippen LogP contribution >= 0.6 is 0 Å². The highest BCUT2D eigenvalue weighted by Gasteiger charge is 2.49. The number of alkyl halides is 3. The maximum Gasteiger partial charge on any atom is 0.393 e. The Bertz CT molecular complexity index is 405. The first-order chi connectivity index (χ1) is 7.85. The van der Waals surface area contributed by atoms with Gasteiger partial charge in [-0.05, 0) is 30.9 Å². The first-order valence-electron chi connectivity index (χ1n) is 5.76. The Morgan fingerprint density at radius 2 is 1.88 bits per heavy atom. The van der Waals surface area contributed by atoms with Gasteiger partial charge < -0.3 is 5.73 Å². The molecule has 0 radical (unpaired) electrons. The fourth-order valence-electron chi connectivity index (χ4n) is 2.48. The summed E-state index contributed by atoms with van der Waals surface area (Å²) >= 11 is 0. The van der Waals surface area contributed by atoms with Crippen LogP contribution in [0, 0.1) is 0 Å². The SMILES string of the molecule is CC(N)C1(c2ccccc2CC(F)(F)F)CC1. The fraction of sp³-hybridized carbons (Fsp3) is 0.538. The topological polar surface area (TPSA) is 26.0 Å². The molecule has 0 bridgehead atoms. The number of benzene rings is 1. The molecule has 17 heavy (non-hydrogen) atoms. The molecule has 94 valence electrons. The molecule has 1 fully saturated rings. The van der Waals surface area contributed by atoms with E-state index in [0.717, 1.165) is 18.4 Å². The van der Waals surface area contributed by atoms with Gasteiger partial charge in [0.1, 0.15) is 0 Å². The van der Waals surface area contributed by atoms with Crippen molar-refractivity contribution in [1.29, 1.82) is 0 Å². The lowest BCUT2D eigenvalue weighted by atomic mass is 9.85. The third-order valence-corrected chi connectivity index (χ3v) is 3.60. The molecule has 1 unspecified atom stereocenters. The van der Waals surface area contributed by atoms with Gasteiger partial charge in [-0.1, -0.05) is 24.3 Å². The molecule has 0 saturated heterocycles. The third-order valence-electron chi connectivity index (χ3n) is 3.60. The van der Waals surface area contributed by atoms with E-state index in [1.54, 1.807) is 24.3 Å². The number of halogens is 3. The summed E-state index contributed by atoms with van der Waals surface area (Å²) in [6, 6.07) is 6.69. The van der Waals surface area contributed by atoms with E-state index in [-0.39, 0.29) is 11.5 Å². The van der Waals surface area contributed by atoms with Crippen LogP contribution in [0.4, 0.5) is 13.2 Å². The summed E-state index contributed by atoms with van der Waals surface area (Å²) < 4.78 is 37.5. The Labute approximate surface area is 98.8 Å². The van der Waals surface area contributed by atoms with Crippen LogP contribution in [0.15, 0.2) is 24.3 Å². The summed E-state index contributed by atoms with van der Waals surface area (Å²) in [5.41, 5.74) is 6.85. The average Bonchev–Trinajstić information content (AvgIpc) is 2.96. The molecule has 0 aromatic heterocycles. The smallest absolute Gasteiger partial charge is 0.327 e. The molecule has 1 aromatic carbocycles. The van der Waals surface area contributed by atoms with E-state index >= 15 is 0 Å². The summed E-state index contributed by atoms with van der Waals surface area (Å²) in [6.07, 6.45) is -3.25. The maximum absolute atomic E-state index is 12.5. The Kier molecular flexibility index (Phi) is 2.94. The zero-order chi connectivity index (χ0) is 12.7. The summed E-state index contributed by atoms with van der Waals surface area (Å²) in [4.78, 5) is 0. The van der Waals surface area contributed by atoms with Crippen molar-refractivity contribution < 1.29 is 13.2 Å². The molecule has 0 heterocycles. The summed E-state index contributed by atoms with van der Waals surface area (Å²) in [6.45, 7) is 1.87. The largest absolute Gasteiger partial charge is 0.393 e. The highest BCUT2D eigenvalue weighted by molar-refractivity contribution is 5.40. The molecule has 1 nitrogen and oxygen atoms in total. The van der Waals surface area contributed by atoms with E-state index in [2.05, 4.69) is 0 Å². The molecule has 0 amide bonds. The van der Waals surface area contributed by atoms with Gasteiger partial charge in [0, 0.05) is 11.5 Å². The van der Waals surface area contributed by atoms with Crippen LogP contribution < -0.4 is 5.73 Å². The highest BCUT2D eigenvalue weighted by Crippen LogP contribution is 2.51. The average molecular weight is 243 g/mol. The van der Waals surface area contributed by atoms with Gasteiger partial charge >= 0.3 is 6.18 Å². The minimum absolute atomic E-state index is 0.100. The van der Waals surface area contributed by atoms with Crippen LogP contribution in [0.3, 0.4) is 0 Å². The first kappa shape index (κ1) is 12.4. The van der Waals surface area contributed by atoms with Crippen molar-refractivity contribution in [2.45, 2.75) is 43.8 Å². The number of nitrogens with two attached hydrogens (primary N) is 1. The molecule has 1 saturated carbocycles. The van der Waals surface area contributed by atoms with Gasteiger partial charge in [-0.25, -0.2) is 0 Å². The molecule has 4 heteroatoms. The molecule has 1 atom stereocenters. The Balaban J connectivity index is 2.35. The van der Waals surface area contributed by atoms with Crippen molar-refractivity contribution in [2.75, 3.05) is 0 Å². The number of hydrogen-bond acceptors (Lipinski definition) is 1. The van der Waals surface area contributed by atoms with Gasteiger partial charge in [0.2, 0.25) is 0 Å². The molecular weight excluding hydrogens is 227 g/mol. The van der Waals surface area contributed by atoms with Gasteiger partial charge in [-0.2, -0.15) is 13.2 Å². The molecule has 2 rings (SSSR count). The van der Waals surface area contributed by atoms with E-state index in [1.807, 2.05) is 6.92 Å². The second kappa shape index (κ2) is 4.02. The lowest BCUT2D eigenvalue weighted by molar-refractivity contribution is -0.127. The van der Waals surface area contributed by atoms with E-state index in [0.29, 0.717) is 5.56 Å². The van der Waals surface area contributed by atoms with Crippen molar-refractivity contribution in [2.24, 2.45) is 5.73 Å². The van der Waals surface area contributed by atoms with Crippen molar-refractivity contribution >= 4 is 0 Å². The molecule has 1 aromatic rings. The maximum atomic E-state index is 12.5. The van der Waals surface area contributed by atoms with E-state index in [4.69, 9.17) is 5.73 Å². The molecule has 1 aliphatic carbocycles. The Morgan fingerprint density at radius 3 is 2.35 bits per heavy atom. The minimum Gasteiger partial charge on any atom is -0.327 e. The number of hydrogen-bond donors (Lipinski definition) is 1. The second-order valence-electron chi connectivity index (χ2n) is 4.89. The minimum atomic E-state index is -4.16. The van der Waals surface area contributed by atoms with Gasteiger partial charge in [0.25, 0.3) is 0 Å². The monoisotopic (exact) mass is 243 g/mol. The summed E-state index contributed by atoms with van der Waals surface area (Å²) in [5.74, 6) is 0. The van der Waals surface area contributed by atoms with Crippen LogP contribution in [-0.4, -0.2) is 12.2 Å². The van der Waals surface area contributed by atoms with Crippen molar-refractivity contribution in [3.05, 3.63) is 35.4 Å². The van der Waals surface area contributed by atoms with Crippen LogP contribution in [-0.2, 0) is 11.8 Å². The molecular formula is C13H16F3N. The first-order valence-corrected chi connectivity index (χ1v) is 5.76. The van der Waals surface area contributed by atoms with Gasteiger partial charge in [0.05, 0.1) is 6.42 Å². The lowest BCUT2D eigenvalue weighted by Crippen LogP contribution is -2.33. The predicted molar refractivity (Wildman–Crippen MR) is 60.8 cm³/mol. The zero-order valence-electron chi connectivity index (χ0n) is 9.72. The highest BCUT2D eigenvalue weighted by atomic mass is 19.4. The molecule has 0 spiro atoms. The summed E-state index contributed by atoms with van der Waals surface area (Å²) in [7, 11) is 0. The molecule has 0 aliphatic heterocycles. The van der Waals surface area contributed by atoms with Crippen LogP contribution in [0.5, 0.6) is 0 Å². The Morgan fingerprint density at radius 1 is 1.29 bits per heavy atom. The standard InChI is InChI=1S/C13H16F3N/c1-9(17)12(6-7-12)11-5-3-2-4-10(11)8-13(14,15)16/h2-5,9H,6-8,17H2,1H3. The van der Waals surface area contributed by atoms with Crippen LogP contribution in [0.1, 0.15) is 30.9 Å². The van der Waals surface area contributed by atoms with Gasteiger partial charge in [-0.15, -0.1) is 0 Å². The Hall–Kier alpha value is -1.03. The third kappa shape index (κ3) is 2.46.